The summed E-state index contributed by atoms with van der Waals surface area (Å²) >= 11 is 0. The number of likely N-dealkylation sites (tertiary alicyclic amines) is 1. The average molecular weight is 823 g/mol. The molecule has 6 amide bonds. The molecule has 4 atom stereocenters. The van der Waals surface area contributed by atoms with Gasteiger partial charge in [-0.05, 0) is 80.5 Å². The van der Waals surface area contributed by atoms with Crippen molar-refractivity contribution >= 4 is 52.0 Å². The Morgan fingerprint density at radius 1 is 0.917 bits per heavy atom. The maximum Gasteiger partial charge on any atom is 0.320 e. The highest BCUT2D eigenvalue weighted by atomic mass is 16.3. The lowest BCUT2D eigenvalue weighted by Gasteiger charge is -2.32. The van der Waals surface area contributed by atoms with Crippen molar-refractivity contribution in [3.63, 3.8) is 0 Å². The van der Waals surface area contributed by atoms with Crippen molar-refractivity contribution < 1.29 is 33.9 Å². The van der Waals surface area contributed by atoms with Gasteiger partial charge in [-0.2, -0.15) is 0 Å². The molecular weight excluding hydrogens is 769 g/mol. The predicted octanol–water partition coefficient (Wildman–Crippen LogP) is 3.50. The second-order valence-electron chi connectivity index (χ2n) is 16.2. The topological polar surface area (TPSA) is 244 Å². The number of primary amides is 1. The predicted molar refractivity (Wildman–Crippen MR) is 222 cm³/mol. The van der Waals surface area contributed by atoms with Crippen LogP contribution in [0, 0.1) is 5.92 Å². The van der Waals surface area contributed by atoms with Crippen LogP contribution in [-0.2, 0) is 24.8 Å². The van der Waals surface area contributed by atoms with Gasteiger partial charge in [0.15, 0.2) is 0 Å². The number of carbonyl (C=O) groups excluding carboxylic acids is 6. The monoisotopic (exact) mass is 822 g/mol. The van der Waals surface area contributed by atoms with Gasteiger partial charge in [0, 0.05) is 31.3 Å². The molecule has 2 aliphatic rings. The van der Waals surface area contributed by atoms with Crippen LogP contribution in [0.4, 0.5) is 10.6 Å². The van der Waals surface area contributed by atoms with Crippen molar-refractivity contribution in [1.29, 1.82) is 0 Å². The molecule has 1 aliphatic heterocycles. The number of fused-ring (bicyclic) bond motifs is 1. The van der Waals surface area contributed by atoms with Crippen molar-refractivity contribution in [3.8, 4) is 0 Å². The van der Waals surface area contributed by atoms with E-state index in [1.54, 1.807) is 50.4 Å². The molecule has 0 spiro atoms. The number of nitrogens with zero attached hydrogens (tertiary/aromatic N) is 5. The lowest BCUT2D eigenvalue weighted by molar-refractivity contribution is -0.142. The molecule has 6 rings (SSSR count). The van der Waals surface area contributed by atoms with E-state index in [0.29, 0.717) is 36.3 Å². The highest BCUT2D eigenvalue weighted by Crippen LogP contribution is 2.34. The van der Waals surface area contributed by atoms with Crippen LogP contribution < -0.4 is 27.0 Å². The zero-order valence-corrected chi connectivity index (χ0v) is 34.0. The van der Waals surface area contributed by atoms with E-state index >= 15 is 0 Å². The summed E-state index contributed by atoms with van der Waals surface area (Å²) in [5, 5.41) is 32.0. The molecule has 17 nitrogen and oxygen atoms in total. The van der Waals surface area contributed by atoms with Crippen molar-refractivity contribution in [3.05, 3.63) is 84.3 Å². The molecule has 2 aromatic carbocycles. The van der Waals surface area contributed by atoms with Crippen molar-refractivity contribution in [2.45, 2.75) is 108 Å². The minimum Gasteiger partial charge on any atom is -0.384 e. The highest BCUT2D eigenvalue weighted by molar-refractivity contribution is 6.37. The van der Waals surface area contributed by atoms with Crippen LogP contribution in [0.2, 0.25) is 0 Å². The number of pyridine rings is 1. The molecular formula is C43H54N10O7. The zero-order valence-electron chi connectivity index (χ0n) is 34.0. The number of unbranched alkanes of at least 4 members (excludes halogenated alkanes) is 1. The lowest BCUT2D eigenvalue weighted by atomic mass is 9.84. The standard InChI is InChI=1S/C43H54N10O7/c1-43(2,60)35-25-47-51-53(35)31-24-34(40(57)48-32(37(54)38(44)55)16-8-10-21-46-42(59)50-36-17-9-11-20-45-36)52(26-31)41(58)33(22-27-12-4-3-5-13-27)49-39(56)30-19-18-28-14-6-7-15-29(28)23-30/h6-7,9,11,14-15,17-20,23,25,27,31-34,60H,3-5,8,10,12-13,16,21-22,24,26H2,1-2H3,(H2,44,55)(H,48,57)(H,49,56)(H2,45,46,50,59)/t31-,32?,33?,34-/m0/s1. The number of hydrogen-bond donors (Lipinski definition) is 6. The van der Waals surface area contributed by atoms with Crippen LogP contribution in [0.5, 0.6) is 0 Å². The Labute approximate surface area is 348 Å². The molecule has 1 saturated heterocycles. The first-order chi connectivity index (χ1) is 28.8. The minimum atomic E-state index is -1.36. The molecule has 4 aromatic rings. The quantitative estimate of drug-likeness (QED) is 0.0669. The largest absolute Gasteiger partial charge is 0.384 e. The number of urea groups is 1. The summed E-state index contributed by atoms with van der Waals surface area (Å²) in [6.07, 6.45) is 9.03. The number of Topliss-reactive ketones (excluding diaryl/α,β-unsaturated/α-hetero) is 1. The molecule has 318 valence electrons. The molecule has 2 aromatic heterocycles. The van der Waals surface area contributed by atoms with Gasteiger partial charge in [0.2, 0.25) is 17.6 Å². The van der Waals surface area contributed by atoms with Crippen LogP contribution in [0.25, 0.3) is 10.8 Å². The molecule has 2 fully saturated rings. The third-order valence-electron chi connectivity index (χ3n) is 11.3. The van der Waals surface area contributed by atoms with Gasteiger partial charge in [-0.3, -0.25) is 29.3 Å². The molecule has 17 heteroatoms. The molecule has 1 aliphatic carbocycles. The normalized spacial score (nSPS) is 18.0. The Morgan fingerprint density at radius 2 is 1.67 bits per heavy atom. The number of amides is 6. The SMILES string of the molecule is CC(C)(O)c1cnnn1[C@H]1C[C@@H](C(=O)NC(CCCCNC(=O)Nc2ccccn2)C(=O)C(N)=O)N(C(=O)C(CC2CCCCC2)NC(=O)c2ccc3ccccc3c2)C1. The summed E-state index contributed by atoms with van der Waals surface area (Å²) in [4.78, 5) is 86.2. The summed E-state index contributed by atoms with van der Waals surface area (Å²) in [6, 6.07) is 13.6. The van der Waals surface area contributed by atoms with E-state index in [0.717, 1.165) is 42.9 Å². The van der Waals surface area contributed by atoms with Gasteiger partial charge < -0.3 is 31.7 Å². The van der Waals surface area contributed by atoms with Gasteiger partial charge in [-0.15, -0.1) is 5.10 Å². The van der Waals surface area contributed by atoms with Gasteiger partial charge in [0.25, 0.3) is 11.8 Å². The number of hydrogen-bond acceptors (Lipinski definition) is 10. The number of aromatic nitrogens is 4. The third kappa shape index (κ3) is 11.1. The number of nitrogens with one attached hydrogen (secondary N) is 4. The van der Waals surface area contributed by atoms with E-state index in [2.05, 4.69) is 36.6 Å². The molecule has 0 bridgehead atoms. The fraction of sp³-hybridized carbons (Fsp3) is 0.465. The third-order valence-corrected chi connectivity index (χ3v) is 11.3. The first-order valence-corrected chi connectivity index (χ1v) is 20.6. The van der Waals surface area contributed by atoms with Crippen molar-refractivity contribution in [1.82, 2.24) is 40.8 Å². The number of aliphatic hydroxyl groups is 1. The second kappa shape index (κ2) is 19.7. The summed E-state index contributed by atoms with van der Waals surface area (Å²) in [5.74, 6) is -3.29. The summed E-state index contributed by atoms with van der Waals surface area (Å²) in [7, 11) is 0. The number of carbonyl (C=O) groups is 6. The zero-order chi connectivity index (χ0) is 42.8. The van der Waals surface area contributed by atoms with E-state index < -0.39 is 65.2 Å². The smallest absolute Gasteiger partial charge is 0.320 e. The first kappa shape index (κ1) is 43.4. The Morgan fingerprint density at radius 3 is 2.38 bits per heavy atom. The molecule has 7 N–H and O–H groups in total. The van der Waals surface area contributed by atoms with E-state index in [9.17, 15) is 33.9 Å². The van der Waals surface area contributed by atoms with Crippen molar-refractivity contribution in [2.24, 2.45) is 11.7 Å². The van der Waals surface area contributed by atoms with Crippen LogP contribution >= 0.6 is 0 Å². The van der Waals surface area contributed by atoms with Crippen LogP contribution in [0.15, 0.2) is 73.1 Å². The van der Waals surface area contributed by atoms with E-state index in [-0.39, 0.29) is 31.8 Å². The van der Waals surface area contributed by atoms with Crippen LogP contribution in [-0.4, -0.2) is 96.6 Å². The van der Waals surface area contributed by atoms with Gasteiger partial charge in [-0.1, -0.05) is 73.7 Å². The van der Waals surface area contributed by atoms with Gasteiger partial charge in [-0.25, -0.2) is 14.5 Å². The Hall–Kier alpha value is -6.23. The number of ketones is 1. The molecule has 60 heavy (non-hydrogen) atoms. The van der Waals surface area contributed by atoms with E-state index in [4.69, 9.17) is 5.73 Å². The van der Waals surface area contributed by atoms with E-state index in [1.807, 2.05) is 30.3 Å². The minimum absolute atomic E-state index is 0.0168. The second-order valence-corrected chi connectivity index (χ2v) is 16.2. The fourth-order valence-corrected chi connectivity index (χ4v) is 8.17. The lowest BCUT2D eigenvalue weighted by Crippen LogP contribution is -2.56. The van der Waals surface area contributed by atoms with Gasteiger partial charge >= 0.3 is 6.03 Å². The summed E-state index contributed by atoms with van der Waals surface area (Å²) < 4.78 is 1.50. The fourth-order valence-electron chi connectivity index (χ4n) is 8.17. The maximum absolute atomic E-state index is 14.9. The molecule has 0 radical (unpaired) electrons. The maximum atomic E-state index is 14.9. The number of nitrogens with two attached hydrogens (primary N) is 1. The molecule has 1 saturated carbocycles. The summed E-state index contributed by atoms with van der Waals surface area (Å²) in [5.41, 5.74) is 4.82. The number of rotatable bonds is 17. The van der Waals surface area contributed by atoms with Crippen molar-refractivity contribution in [2.75, 3.05) is 18.4 Å². The van der Waals surface area contributed by atoms with E-state index in [1.165, 1.54) is 15.8 Å². The Kier molecular flexibility index (Phi) is 14.2. The first-order valence-electron chi connectivity index (χ1n) is 20.6. The highest BCUT2D eigenvalue weighted by Gasteiger charge is 2.45. The molecule has 2 unspecified atom stereocenters. The van der Waals surface area contributed by atoms with Gasteiger partial charge in [0.1, 0.15) is 23.5 Å². The van der Waals surface area contributed by atoms with Crippen LogP contribution in [0.3, 0.4) is 0 Å². The summed E-state index contributed by atoms with van der Waals surface area (Å²) in [6.45, 7) is 3.37. The number of benzene rings is 2. The average Bonchev–Trinajstić information content (AvgIpc) is 3.92. The Balaban J connectivity index is 1.21. The molecule has 3 heterocycles. The van der Waals surface area contributed by atoms with Crippen LogP contribution in [0.1, 0.15) is 100 Å². The van der Waals surface area contributed by atoms with Gasteiger partial charge in [0.05, 0.1) is 24.0 Å². The Bertz CT molecular complexity index is 2170. The number of anilines is 1.